The van der Waals surface area contributed by atoms with Gasteiger partial charge in [0, 0.05) is 5.75 Å². The molecule has 0 aliphatic rings. The predicted molar refractivity (Wildman–Crippen MR) is 61.7 cm³/mol. The van der Waals surface area contributed by atoms with Crippen LogP contribution in [-0.4, -0.2) is 18.8 Å². The zero-order chi connectivity index (χ0) is 12.2. The van der Waals surface area contributed by atoms with Gasteiger partial charge in [0.2, 0.25) is 0 Å². The molecule has 88 valence electrons. The summed E-state index contributed by atoms with van der Waals surface area (Å²) in [5.41, 5.74) is -0.0502. The average molecular weight is 229 g/mol. The van der Waals surface area contributed by atoms with Gasteiger partial charge in [-0.2, -0.15) is 18.2 Å². The Morgan fingerprint density at radius 1 is 1.41 bits per heavy atom. The van der Waals surface area contributed by atoms with E-state index < -0.39 is 11.7 Å². The number of hydrogen-bond donors (Lipinski definition) is 1. The quantitative estimate of drug-likeness (QED) is 0.566. The van der Waals surface area contributed by atoms with Gasteiger partial charge >= 0.3 is 25.0 Å². The Morgan fingerprint density at radius 3 is 2.59 bits per heavy atom. The Bertz CT molecular complexity index is 374. The second kappa shape index (κ2) is 6.58. The van der Waals surface area contributed by atoms with Crippen LogP contribution in [0.2, 0.25) is 0 Å². The van der Waals surface area contributed by atoms with Crippen LogP contribution in [0.15, 0.2) is 18.2 Å². The fourth-order valence-corrected chi connectivity index (χ4v) is 1.09. The first-order valence-corrected chi connectivity index (χ1v) is 4.97. The maximum atomic E-state index is 11.5. The molecule has 0 bridgehead atoms. The number of amides is 1. The molecule has 0 aliphatic carbocycles. The third-order valence-corrected chi connectivity index (χ3v) is 1.66. The molecule has 1 aromatic rings. The van der Waals surface area contributed by atoms with Gasteiger partial charge < -0.3 is 14.8 Å². The maximum Gasteiger partial charge on any atom is 1.00 e. The summed E-state index contributed by atoms with van der Waals surface area (Å²) in [4.78, 5) is 11.5. The molecule has 0 fully saturated rings. The van der Waals surface area contributed by atoms with E-state index in [0.29, 0.717) is 11.4 Å². The molecule has 1 aromatic carbocycles. The van der Waals surface area contributed by atoms with Gasteiger partial charge in [0.05, 0.1) is 7.11 Å². The van der Waals surface area contributed by atoms with Crippen molar-refractivity contribution in [2.45, 2.75) is 26.4 Å². The van der Waals surface area contributed by atoms with Gasteiger partial charge in [0.1, 0.15) is 5.60 Å². The van der Waals surface area contributed by atoms with Gasteiger partial charge in [-0.3, -0.25) is 0 Å². The third-order valence-electron chi connectivity index (χ3n) is 1.66. The Morgan fingerprint density at radius 2 is 2.06 bits per heavy atom. The molecule has 0 saturated carbocycles. The minimum atomic E-state index is -0.522. The van der Waals surface area contributed by atoms with Gasteiger partial charge in [-0.05, 0) is 26.5 Å². The second-order valence-electron chi connectivity index (χ2n) is 4.24. The van der Waals surface area contributed by atoms with E-state index in [4.69, 9.17) is 9.47 Å². The molecule has 17 heavy (non-hydrogen) atoms. The van der Waals surface area contributed by atoms with Crippen LogP contribution in [0.3, 0.4) is 0 Å². The first kappa shape index (κ1) is 15.9. The van der Waals surface area contributed by atoms with Gasteiger partial charge in [-0.25, -0.2) is 4.79 Å². The van der Waals surface area contributed by atoms with Crippen LogP contribution in [0.25, 0.3) is 0 Å². The molecular weight excluding hydrogens is 213 g/mol. The molecule has 5 heteroatoms. The molecule has 0 aliphatic heterocycles. The van der Waals surface area contributed by atoms with Crippen molar-refractivity contribution in [3.63, 3.8) is 0 Å². The Balaban J connectivity index is 0.00000256. The van der Waals surface area contributed by atoms with Crippen molar-refractivity contribution in [1.29, 1.82) is 0 Å². The minimum Gasteiger partial charge on any atom is -0.552 e. The van der Waals surface area contributed by atoms with Crippen LogP contribution in [0.1, 0.15) is 20.8 Å². The van der Waals surface area contributed by atoms with Crippen molar-refractivity contribution in [2.24, 2.45) is 0 Å². The van der Waals surface area contributed by atoms with Crippen LogP contribution in [0.5, 0.6) is 5.75 Å². The monoisotopic (exact) mass is 229 g/mol. The number of benzene rings is 1. The summed E-state index contributed by atoms with van der Waals surface area (Å²) >= 11 is 0. The molecule has 0 spiro atoms. The molecule has 1 N–H and O–H groups in total. The van der Waals surface area contributed by atoms with E-state index in [1.807, 2.05) is 0 Å². The topological polar surface area (TPSA) is 47.6 Å². The predicted octanol–water partition coefficient (Wildman–Crippen LogP) is -0.154. The minimum absolute atomic E-state index is 0. The van der Waals surface area contributed by atoms with Crippen molar-refractivity contribution in [3.05, 3.63) is 24.3 Å². The molecule has 0 radical (unpaired) electrons. The van der Waals surface area contributed by atoms with Gasteiger partial charge in [-0.1, -0.05) is 0 Å². The standard InChI is InChI=1S/C12H16NO3.Li/c1-12(2,3)16-11(14)13-9-7-5-6-8-10(9)15-4;/h5-6,8H,1-4H3,(H,13,14);/q-1;+1. The molecule has 0 saturated heterocycles. The first-order valence-electron chi connectivity index (χ1n) is 4.97. The second-order valence-corrected chi connectivity index (χ2v) is 4.24. The summed E-state index contributed by atoms with van der Waals surface area (Å²) < 4.78 is 10.2. The summed E-state index contributed by atoms with van der Waals surface area (Å²) in [6.45, 7) is 5.41. The number of carbonyl (C=O) groups is 1. The number of rotatable bonds is 2. The molecule has 0 heterocycles. The van der Waals surface area contributed by atoms with Crippen molar-refractivity contribution in [1.82, 2.24) is 0 Å². The zero-order valence-electron chi connectivity index (χ0n) is 11.0. The number of ether oxygens (including phenoxy) is 2. The summed E-state index contributed by atoms with van der Waals surface area (Å²) in [6, 6.07) is 8.07. The van der Waals surface area contributed by atoms with E-state index in [2.05, 4.69) is 11.4 Å². The first-order chi connectivity index (χ1) is 7.42. The molecule has 1 amide bonds. The summed E-state index contributed by atoms with van der Waals surface area (Å²) in [5, 5.41) is 2.58. The summed E-state index contributed by atoms with van der Waals surface area (Å²) in [6.07, 6.45) is -0.520. The van der Waals surface area contributed by atoms with Crippen molar-refractivity contribution in [2.75, 3.05) is 12.4 Å². The van der Waals surface area contributed by atoms with Crippen LogP contribution < -0.4 is 28.9 Å². The zero-order valence-corrected chi connectivity index (χ0v) is 11.0. The molecule has 0 unspecified atom stereocenters. The van der Waals surface area contributed by atoms with Gasteiger partial charge in [0.15, 0.2) is 0 Å². The van der Waals surface area contributed by atoms with Crippen molar-refractivity contribution < 1.29 is 33.1 Å². The third kappa shape index (κ3) is 5.67. The molecule has 0 atom stereocenters. The van der Waals surface area contributed by atoms with Crippen LogP contribution in [0, 0.1) is 6.07 Å². The summed E-state index contributed by atoms with van der Waals surface area (Å²) in [5.74, 6) is 0.549. The number of para-hydroxylation sites is 1. The number of methoxy groups -OCH3 is 1. The number of hydrogen-bond acceptors (Lipinski definition) is 3. The van der Waals surface area contributed by atoms with Crippen molar-refractivity contribution in [3.8, 4) is 5.75 Å². The van der Waals surface area contributed by atoms with Crippen LogP contribution in [0.4, 0.5) is 10.5 Å². The van der Waals surface area contributed by atoms with Crippen LogP contribution in [-0.2, 0) is 4.74 Å². The average Bonchev–Trinajstić information content (AvgIpc) is 2.15. The Hall–Kier alpha value is -1.11. The van der Waals surface area contributed by atoms with E-state index in [1.54, 1.807) is 39.0 Å². The molecular formula is C12H16LiNO3. The molecule has 0 aromatic heterocycles. The Kier molecular flexibility index (Phi) is 6.15. The van der Waals surface area contributed by atoms with E-state index in [1.165, 1.54) is 7.11 Å². The van der Waals surface area contributed by atoms with E-state index in [0.717, 1.165) is 0 Å². The number of anilines is 1. The normalized spacial score (nSPS) is 10.1. The van der Waals surface area contributed by atoms with Crippen LogP contribution >= 0.6 is 0 Å². The van der Waals surface area contributed by atoms with Crippen molar-refractivity contribution >= 4 is 11.8 Å². The van der Waals surface area contributed by atoms with Gasteiger partial charge in [-0.15, -0.1) is 6.07 Å². The van der Waals surface area contributed by atoms with E-state index >= 15 is 0 Å². The van der Waals surface area contributed by atoms with Gasteiger partial charge in [0.25, 0.3) is 0 Å². The number of nitrogens with one attached hydrogen (secondary N) is 1. The number of carbonyl (C=O) groups excluding carboxylic acids is 1. The molecule has 1 rings (SSSR count). The maximum absolute atomic E-state index is 11.5. The Labute approximate surface area is 114 Å². The SMILES string of the molecule is COc1ccc[c-]c1NC(=O)OC(C)(C)C.[Li+]. The fourth-order valence-electron chi connectivity index (χ4n) is 1.09. The summed E-state index contributed by atoms with van der Waals surface area (Å²) in [7, 11) is 1.53. The smallest absolute Gasteiger partial charge is 0.552 e. The van der Waals surface area contributed by atoms with E-state index in [-0.39, 0.29) is 18.9 Å². The fraction of sp³-hybridized carbons (Fsp3) is 0.417. The molecule has 4 nitrogen and oxygen atoms in total. The van der Waals surface area contributed by atoms with E-state index in [9.17, 15) is 4.79 Å². The largest absolute Gasteiger partial charge is 1.00 e.